The van der Waals surface area contributed by atoms with Crippen molar-refractivity contribution in [3.8, 4) is 11.5 Å². The van der Waals surface area contributed by atoms with E-state index in [0.717, 1.165) is 60.9 Å². The number of hydrogen-bond donors (Lipinski definition) is 0. The molecule has 4 heteroatoms. The number of hydrazone groups is 1. The summed E-state index contributed by atoms with van der Waals surface area (Å²) in [7, 11) is 0. The van der Waals surface area contributed by atoms with E-state index in [2.05, 4.69) is 110 Å². The van der Waals surface area contributed by atoms with Crippen LogP contribution >= 0.6 is 0 Å². The number of hydrogen-bond acceptors (Lipinski definition) is 4. The molecule has 0 saturated carbocycles. The first-order valence-electron chi connectivity index (χ1n) is 17.8. The highest BCUT2D eigenvalue weighted by Crippen LogP contribution is 2.36. The second-order valence-electron chi connectivity index (χ2n) is 12.4. The molecule has 0 unspecified atom stereocenters. The highest BCUT2D eigenvalue weighted by molar-refractivity contribution is 6.01. The van der Waals surface area contributed by atoms with Crippen molar-refractivity contribution in [1.82, 2.24) is 0 Å². The van der Waals surface area contributed by atoms with Crippen molar-refractivity contribution in [1.29, 1.82) is 0 Å². The Morgan fingerprint density at radius 3 is 1.67 bits per heavy atom. The summed E-state index contributed by atoms with van der Waals surface area (Å²) in [5.41, 5.74) is 4.57. The Balaban J connectivity index is 1.27. The molecule has 0 bridgehead atoms. The normalized spacial score (nSPS) is 14.7. The largest absolute Gasteiger partial charge is 0.494 e. The van der Waals surface area contributed by atoms with Gasteiger partial charge in [0.05, 0.1) is 30.7 Å². The van der Waals surface area contributed by atoms with Crippen molar-refractivity contribution in [2.24, 2.45) is 5.10 Å². The summed E-state index contributed by atoms with van der Waals surface area (Å²) in [6.07, 6.45) is 23.3. The predicted molar refractivity (Wildman–Crippen MR) is 193 cm³/mol. The summed E-state index contributed by atoms with van der Waals surface area (Å²) in [6.45, 7) is 6.12. The Labute approximate surface area is 273 Å². The van der Waals surface area contributed by atoms with Crippen molar-refractivity contribution in [3.63, 3.8) is 0 Å². The second-order valence-corrected chi connectivity index (χ2v) is 12.4. The van der Waals surface area contributed by atoms with Crippen molar-refractivity contribution in [2.75, 3.05) is 18.2 Å². The van der Waals surface area contributed by atoms with Crippen LogP contribution in [-0.4, -0.2) is 18.9 Å². The number of benzene rings is 3. The van der Waals surface area contributed by atoms with Gasteiger partial charge in [-0.25, -0.2) is 0 Å². The molecule has 0 fully saturated rings. The van der Waals surface area contributed by atoms with Gasteiger partial charge < -0.3 is 9.47 Å². The van der Waals surface area contributed by atoms with Crippen molar-refractivity contribution in [3.05, 3.63) is 96.1 Å². The van der Waals surface area contributed by atoms with Gasteiger partial charge in [-0.05, 0) is 66.4 Å². The molecule has 242 valence electrons. The van der Waals surface area contributed by atoms with Gasteiger partial charge in [0.15, 0.2) is 0 Å². The van der Waals surface area contributed by atoms with E-state index < -0.39 is 0 Å². The van der Waals surface area contributed by atoms with Crippen LogP contribution in [0.5, 0.6) is 11.5 Å². The van der Waals surface area contributed by atoms with Gasteiger partial charge in [-0.1, -0.05) is 139 Å². The number of unbranched alkanes of at least 4 members (excludes halogenated alkanes) is 12. The van der Waals surface area contributed by atoms with Crippen LogP contribution < -0.4 is 14.5 Å². The predicted octanol–water partition coefficient (Wildman–Crippen LogP) is 12.0. The van der Waals surface area contributed by atoms with Gasteiger partial charge >= 0.3 is 0 Å². The molecule has 0 aliphatic carbocycles. The van der Waals surface area contributed by atoms with Crippen molar-refractivity contribution < 1.29 is 9.47 Å². The highest BCUT2D eigenvalue weighted by Gasteiger charge is 2.28. The Hall–Kier alpha value is -3.53. The number of ether oxygens (including phenoxy) is 2. The lowest BCUT2D eigenvalue weighted by atomic mass is 10.0. The molecule has 0 aromatic heterocycles. The zero-order valence-electron chi connectivity index (χ0n) is 28.0. The number of allylic oxidation sites excluding steroid dienone is 1. The molecular formula is C41H56N2O2. The molecule has 0 spiro atoms. The molecule has 0 saturated heterocycles. The molecule has 1 aliphatic rings. The van der Waals surface area contributed by atoms with Gasteiger partial charge in [-0.15, -0.1) is 0 Å². The average molecular weight is 609 g/mol. The van der Waals surface area contributed by atoms with Crippen LogP contribution in [0.25, 0.3) is 6.08 Å². The summed E-state index contributed by atoms with van der Waals surface area (Å²) in [5.74, 6) is 1.89. The van der Waals surface area contributed by atoms with E-state index in [1.807, 2.05) is 0 Å². The van der Waals surface area contributed by atoms with Crippen LogP contribution in [0.15, 0.2) is 90.0 Å². The number of nitrogens with zero attached hydrogens (tertiary/aromatic N) is 2. The molecule has 4 rings (SSSR count). The summed E-state index contributed by atoms with van der Waals surface area (Å²) in [5, 5.41) is 7.22. The summed E-state index contributed by atoms with van der Waals surface area (Å²) >= 11 is 0. The molecule has 0 radical (unpaired) electrons. The van der Waals surface area contributed by atoms with Gasteiger partial charge in [0.25, 0.3) is 0 Å². The maximum atomic E-state index is 6.07. The van der Waals surface area contributed by atoms with E-state index in [0.29, 0.717) is 0 Å². The second kappa shape index (κ2) is 20.5. The maximum Gasteiger partial charge on any atom is 0.119 e. The number of anilines is 1. The highest BCUT2D eigenvalue weighted by atomic mass is 16.5. The van der Waals surface area contributed by atoms with Gasteiger partial charge in [-0.3, -0.25) is 5.01 Å². The first-order valence-corrected chi connectivity index (χ1v) is 17.8. The maximum absolute atomic E-state index is 6.07. The lowest BCUT2D eigenvalue weighted by Gasteiger charge is -2.24. The third-order valence-electron chi connectivity index (χ3n) is 8.60. The lowest BCUT2D eigenvalue weighted by molar-refractivity contribution is 0.304. The van der Waals surface area contributed by atoms with E-state index >= 15 is 0 Å². The Bertz CT molecular complexity index is 1250. The fraction of sp³-hybridized carbons (Fsp3) is 0.488. The molecule has 1 heterocycles. The van der Waals surface area contributed by atoms with Gasteiger partial charge in [0.2, 0.25) is 0 Å². The quantitative estimate of drug-likeness (QED) is 0.106. The molecular weight excluding hydrogens is 552 g/mol. The van der Waals surface area contributed by atoms with Gasteiger partial charge in [0, 0.05) is 6.42 Å². The Kier molecular flexibility index (Phi) is 15.6. The molecule has 3 aromatic rings. The Morgan fingerprint density at radius 1 is 0.600 bits per heavy atom. The van der Waals surface area contributed by atoms with E-state index in [4.69, 9.17) is 14.6 Å². The van der Waals surface area contributed by atoms with Gasteiger partial charge in [-0.2, -0.15) is 5.10 Å². The van der Waals surface area contributed by atoms with E-state index in [1.165, 1.54) is 82.6 Å². The zero-order chi connectivity index (χ0) is 31.4. The third kappa shape index (κ3) is 12.4. The smallest absolute Gasteiger partial charge is 0.119 e. The molecule has 0 amide bonds. The average Bonchev–Trinajstić information content (AvgIpc) is 3.52. The SMILES string of the molecule is CCCCCCCCCOc1ccc(/C=C/C2=NN(c3ccccc3)[C@@H](c3ccc(OCCCCCCCCC)cc3)C2)cc1. The lowest BCUT2D eigenvalue weighted by Crippen LogP contribution is -2.18. The van der Waals surface area contributed by atoms with E-state index in [-0.39, 0.29) is 6.04 Å². The van der Waals surface area contributed by atoms with Crippen LogP contribution in [0.1, 0.15) is 127 Å². The summed E-state index contributed by atoms with van der Waals surface area (Å²) in [4.78, 5) is 0. The fourth-order valence-electron chi connectivity index (χ4n) is 5.86. The summed E-state index contributed by atoms with van der Waals surface area (Å²) < 4.78 is 12.1. The van der Waals surface area contributed by atoms with E-state index in [9.17, 15) is 0 Å². The van der Waals surface area contributed by atoms with Gasteiger partial charge in [0.1, 0.15) is 11.5 Å². The fourth-order valence-corrected chi connectivity index (χ4v) is 5.86. The first kappa shape index (κ1) is 34.3. The van der Waals surface area contributed by atoms with Crippen LogP contribution in [0.2, 0.25) is 0 Å². The number of rotatable bonds is 22. The minimum absolute atomic E-state index is 0.145. The van der Waals surface area contributed by atoms with E-state index in [1.54, 1.807) is 0 Å². The minimum Gasteiger partial charge on any atom is -0.494 e. The molecule has 3 aromatic carbocycles. The van der Waals surface area contributed by atoms with Crippen LogP contribution in [0, 0.1) is 0 Å². The standard InChI is InChI=1S/C41H56N2O2/c1-3-5-7-9-11-13-18-32-44-39-28-23-35(24-29-39)22-27-37-34-41(43(42-37)38-20-16-15-17-21-38)36-25-30-40(31-26-36)45-33-19-14-12-10-8-6-4-2/h15-17,20-31,41H,3-14,18-19,32-34H2,1-2H3/b27-22+/t41-/m1/s1. The van der Waals surface area contributed by atoms with Crippen molar-refractivity contribution in [2.45, 2.75) is 116 Å². The van der Waals surface area contributed by atoms with Crippen LogP contribution in [0.4, 0.5) is 5.69 Å². The first-order chi connectivity index (χ1) is 22.3. The van der Waals surface area contributed by atoms with Crippen LogP contribution in [-0.2, 0) is 0 Å². The monoisotopic (exact) mass is 608 g/mol. The topological polar surface area (TPSA) is 34.1 Å². The number of para-hydroxylation sites is 1. The summed E-state index contributed by atoms with van der Waals surface area (Å²) in [6, 6.07) is 27.7. The zero-order valence-corrected chi connectivity index (χ0v) is 28.0. The molecule has 45 heavy (non-hydrogen) atoms. The Morgan fingerprint density at radius 2 is 1.11 bits per heavy atom. The minimum atomic E-state index is 0.145. The van der Waals surface area contributed by atoms with Crippen LogP contribution in [0.3, 0.4) is 0 Å². The molecule has 1 atom stereocenters. The molecule has 4 nitrogen and oxygen atoms in total. The van der Waals surface area contributed by atoms with Crippen molar-refractivity contribution >= 4 is 17.5 Å². The molecule has 1 aliphatic heterocycles. The third-order valence-corrected chi connectivity index (χ3v) is 8.60. The molecule has 0 N–H and O–H groups in total.